The van der Waals surface area contributed by atoms with Crippen LogP contribution in [0.5, 0.6) is 5.75 Å². The smallest absolute Gasteiger partial charge is 0.336 e. The van der Waals surface area contributed by atoms with Crippen LogP contribution in [-0.4, -0.2) is 47.3 Å². The molecule has 9 nitrogen and oxygen atoms in total. The van der Waals surface area contributed by atoms with Crippen molar-refractivity contribution in [1.82, 2.24) is 9.97 Å². The molecule has 204 valence electrons. The second-order valence-corrected chi connectivity index (χ2v) is 9.68. The second kappa shape index (κ2) is 11.3. The van der Waals surface area contributed by atoms with Crippen molar-refractivity contribution in [3.05, 3.63) is 88.2 Å². The van der Waals surface area contributed by atoms with Gasteiger partial charge in [0.15, 0.2) is 5.69 Å². The molecule has 0 saturated carbocycles. The summed E-state index contributed by atoms with van der Waals surface area (Å²) in [5, 5.41) is 15.0. The summed E-state index contributed by atoms with van der Waals surface area (Å²) in [5.41, 5.74) is 11.4. The van der Waals surface area contributed by atoms with Crippen LogP contribution in [-0.2, 0) is 11.3 Å². The zero-order valence-electron chi connectivity index (χ0n) is 21.9. The molecular formula is C30H27ClN4O5. The van der Waals surface area contributed by atoms with Crippen LogP contribution in [0.2, 0.25) is 5.02 Å². The molecule has 5 N–H and O–H groups in total. The number of carboxylic acids is 1. The van der Waals surface area contributed by atoms with Gasteiger partial charge < -0.3 is 30.6 Å². The number of primary amides is 1. The van der Waals surface area contributed by atoms with Crippen molar-refractivity contribution in [2.75, 3.05) is 25.6 Å². The molecule has 0 unspecified atom stereocenters. The molecule has 0 fully saturated rings. The molecule has 5 rings (SSSR count). The molecule has 0 aliphatic rings. The minimum atomic E-state index is -1.04. The minimum Gasteiger partial charge on any atom is -0.491 e. The highest BCUT2D eigenvalue weighted by molar-refractivity contribution is 6.31. The number of methoxy groups -OCH3 is 1. The summed E-state index contributed by atoms with van der Waals surface area (Å²) in [6.07, 6.45) is 1.66. The molecule has 0 aliphatic carbocycles. The van der Waals surface area contributed by atoms with Gasteiger partial charge >= 0.3 is 5.97 Å². The molecule has 0 radical (unpaired) electrons. The molecule has 0 saturated heterocycles. The standard InChI is InChI=1S/C30H27ClN4O5/c1-16-20(4-3-5-24(16)33-14-17-6-7-18(31)12-22(17)30(37)38)23-15-34-28(29(32)36)27-26(23)21-9-8-19(13-25(21)35-27)40-11-10-39-2/h3-9,12-13,15,33,35H,10-11,14H2,1-2H3,(H2,32,36)(H,37,38). The molecule has 0 aliphatic heterocycles. The van der Waals surface area contributed by atoms with E-state index in [0.29, 0.717) is 35.1 Å². The highest BCUT2D eigenvalue weighted by Crippen LogP contribution is 2.39. The summed E-state index contributed by atoms with van der Waals surface area (Å²) in [4.78, 5) is 31.7. The summed E-state index contributed by atoms with van der Waals surface area (Å²) in [7, 11) is 1.61. The van der Waals surface area contributed by atoms with E-state index in [9.17, 15) is 14.7 Å². The maximum Gasteiger partial charge on any atom is 0.336 e. The molecule has 0 spiro atoms. The first-order valence-corrected chi connectivity index (χ1v) is 12.9. The number of carbonyl (C=O) groups excluding carboxylic acids is 1. The Morgan fingerprint density at radius 2 is 1.93 bits per heavy atom. The molecule has 2 heterocycles. The first kappa shape index (κ1) is 27.0. The lowest BCUT2D eigenvalue weighted by molar-refractivity contribution is 0.0695. The number of anilines is 1. The molecule has 3 aromatic carbocycles. The largest absolute Gasteiger partial charge is 0.491 e. The highest BCUT2D eigenvalue weighted by Gasteiger charge is 2.20. The number of aromatic amines is 1. The van der Waals surface area contributed by atoms with E-state index in [-0.39, 0.29) is 17.8 Å². The lowest BCUT2D eigenvalue weighted by atomic mass is 9.95. The SMILES string of the molecule is COCCOc1ccc2c(c1)[nH]c1c(C(N)=O)ncc(-c3cccc(NCc4ccc(Cl)cc4C(=O)O)c3C)c12. The van der Waals surface area contributed by atoms with Gasteiger partial charge in [0.05, 0.1) is 23.2 Å². The van der Waals surface area contributed by atoms with Crippen LogP contribution in [0.3, 0.4) is 0 Å². The Morgan fingerprint density at radius 1 is 1.10 bits per heavy atom. The van der Waals surface area contributed by atoms with Crippen molar-refractivity contribution < 1.29 is 24.2 Å². The van der Waals surface area contributed by atoms with E-state index in [0.717, 1.165) is 38.7 Å². The second-order valence-electron chi connectivity index (χ2n) is 9.25. The van der Waals surface area contributed by atoms with E-state index >= 15 is 0 Å². The van der Waals surface area contributed by atoms with E-state index in [1.54, 1.807) is 25.4 Å². The Kier molecular flexibility index (Phi) is 7.59. The van der Waals surface area contributed by atoms with E-state index in [1.165, 1.54) is 6.07 Å². The van der Waals surface area contributed by atoms with Gasteiger partial charge in [-0.05, 0) is 53.9 Å². The summed E-state index contributed by atoms with van der Waals surface area (Å²) in [5.74, 6) is -1.01. The number of hydrogen-bond acceptors (Lipinski definition) is 6. The summed E-state index contributed by atoms with van der Waals surface area (Å²) >= 11 is 6.01. The van der Waals surface area contributed by atoms with Crippen LogP contribution >= 0.6 is 11.6 Å². The summed E-state index contributed by atoms with van der Waals surface area (Å²) in [6.45, 7) is 3.13. The predicted octanol–water partition coefficient (Wildman–Crippen LogP) is 5.78. The van der Waals surface area contributed by atoms with Gasteiger partial charge in [0, 0.05) is 53.0 Å². The van der Waals surface area contributed by atoms with Crippen LogP contribution in [0.4, 0.5) is 5.69 Å². The van der Waals surface area contributed by atoms with Crippen LogP contribution in [0.15, 0.2) is 60.8 Å². The van der Waals surface area contributed by atoms with Crippen molar-refractivity contribution >= 4 is 51.0 Å². The third-order valence-electron chi connectivity index (χ3n) is 6.78. The fourth-order valence-corrected chi connectivity index (χ4v) is 5.00. The maximum atomic E-state index is 12.3. The van der Waals surface area contributed by atoms with Crippen LogP contribution < -0.4 is 15.8 Å². The average Bonchev–Trinajstić information content (AvgIpc) is 3.31. The van der Waals surface area contributed by atoms with Crippen molar-refractivity contribution in [2.24, 2.45) is 5.73 Å². The summed E-state index contributed by atoms with van der Waals surface area (Å²) in [6, 6.07) is 16.3. The van der Waals surface area contributed by atoms with Gasteiger partial charge in [0.1, 0.15) is 12.4 Å². The topological polar surface area (TPSA) is 140 Å². The quantitative estimate of drug-likeness (QED) is 0.159. The number of nitrogens with one attached hydrogen (secondary N) is 2. The van der Waals surface area contributed by atoms with Crippen LogP contribution in [0.25, 0.3) is 32.9 Å². The van der Waals surface area contributed by atoms with Crippen molar-refractivity contribution in [2.45, 2.75) is 13.5 Å². The van der Waals surface area contributed by atoms with Crippen molar-refractivity contribution in [3.8, 4) is 16.9 Å². The fraction of sp³-hybridized carbons (Fsp3) is 0.167. The highest BCUT2D eigenvalue weighted by atomic mass is 35.5. The Morgan fingerprint density at radius 3 is 2.67 bits per heavy atom. The fourth-order valence-electron chi connectivity index (χ4n) is 4.83. The van der Waals surface area contributed by atoms with E-state index in [1.807, 2.05) is 43.3 Å². The number of carboxylic acid groups (broad SMARTS) is 1. The lowest BCUT2D eigenvalue weighted by Crippen LogP contribution is -2.13. The Hall–Kier alpha value is -4.60. The monoisotopic (exact) mass is 558 g/mol. The number of amides is 1. The first-order valence-electron chi connectivity index (χ1n) is 12.5. The number of pyridine rings is 1. The van der Waals surface area contributed by atoms with Gasteiger partial charge in [0.2, 0.25) is 0 Å². The number of hydrogen-bond donors (Lipinski definition) is 4. The molecule has 40 heavy (non-hydrogen) atoms. The van der Waals surface area contributed by atoms with Gasteiger partial charge in [-0.1, -0.05) is 29.8 Å². The Bertz CT molecular complexity index is 1760. The number of fused-ring (bicyclic) bond motifs is 3. The third kappa shape index (κ3) is 5.16. The molecule has 5 aromatic rings. The number of ether oxygens (including phenoxy) is 2. The van der Waals surface area contributed by atoms with Crippen LogP contribution in [0, 0.1) is 6.92 Å². The molecular weight excluding hydrogens is 532 g/mol. The van der Waals surface area contributed by atoms with E-state index in [2.05, 4.69) is 15.3 Å². The predicted molar refractivity (Wildman–Crippen MR) is 155 cm³/mol. The van der Waals surface area contributed by atoms with Gasteiger partial charge in [-0.15, -0.1) is 0 Å². The number of halogens is 1. The number of nitrogens with zero attached hydrogens (tertiary/aromatic N) is 1. The normalized spacial score (nSPS) is 11.2. The zero-order chi connectivity index (χ0) is 28.4. The van der Waals surface area contributed by atoms with E-state index < -0.39 is 11.9 Å². The Balaban J connectivity index is 1.57. The number of aromatic carboxylic acids is 1. The van der Waals surface area contributed by atoms with Gasteiger partial charge in [-0.3, -0.25) is 4.79 Å². The van der Waals surface area contributed by atoms with Crippen molar-refractivity contribution in [1.29, 1.82) is 0 Å². The van der Waals surface area contributed by atoms with Gasteiger partial charge in [-0.25, -0.2) is 9.78 Å². The molecule has 0 bridgehead atoms. The van der Waals surface area contributed by atoms with Crippen LogP contribution in [0.1, 0.15) is 32.0 Å². The number of nitrogens with two attached hydrogens (primary N) is 1. The number of rotatable bonds is 10. The van der Waals surface area contributed by atoms with E-state index in [4.69, 9.17) is 26.8 Å². The van der Waals surface area contributed by atoms with Crippen molar-refractivity contribution in [3.63, 3.8) is 0 Å². The summed E-state index contributed by atoms with van der Waals surface area (Å²) < 4.78 is 10.8. The maximum absolute atomic E-state index is 12.3. The van der Waals surface area contributed by atoms with Gasteiger partial charge in [-0.2, -0.15) is 0 Å². The zero-order valence-corrected chi connectivity index (χ0v) is 22.6. The Labute approximate surface area is 234 Å². The van der Waals surface area contributed by atoms with Gasteiger partial charge in [0.25, 0.3) is 5.91 Å². The average molecular weight is 559 g/mol. The first-order chi connectivity index (χ1) is 19.3. The molecule has 2 aromatic heterocycles. The number of benzene rings is 3. The minimum absolute atomic E-state index is 0.145. The number of H-pyrrole nitrogens is 1. The number of carbonyl (C=O) groups is 2. The third-order valence-corrected chi connectivity index (χ3v) is 7.02. The lowest BCUT2D eigenvalue weighted by Gasteiger charge is -2.16. The molecule has 10 heteroatoms. The molecule has 0 atom stereocenters. The number of aromatic nitrogens is 2. The molecule has 1 amide bonds.